The van der Waals surface area contributed by atoms with Gasteiger partial charge in [-0.1, -0.05) is 232 Å². The second-order valence-electron chi connectivity index (χ2n) is 20.6. The molecule has 9 nitrogen and oxygen atoms in total. The van der Waals surface area contributed by atoms with E-state index in [0.717, 1.165) is 116 Å². The lowest BCUT2D eigenvalue weighted by molar-refractivity contribution is -0.870. The Bertz CT molecular complexity index is 1620. The van der Waals surface area contributed by atoms with E-state index in [4.69, 9.17) is 18.5 Å². The van der Waals surface area contributed by atoms with Crippen LogP contribution in [-0.4, -0.2) is 70.0 Å². The highest BCUT2D eigenvalue weighted by molar-refractivity contribution is 7.45. The molecule has 0 aromatic heterocycles. The maximum Gasteiger partial charge on any atom is 0.306 e. The van der Waals surface area contributed by atoms with Gasteiger partial charge >= 0.3 is 11.9 Å². The molecule has 74 heavy (non-hydrogen) atoms. The predicted octanol–water partition coefficient (Wildman–Crippen LogP) is 18.0. The molecular weight excluding hydrogens is 942 g/mol. The van der Waals surface area contributed by atoms with Crippen LogP contribution in [0.25, 0.3) is 0 Å². The first-order chi connectivity index (χ1) is 36.0. The molecule has 0 rings (SSSR count). The van der Waals surface area contributed by atoms with Crippen molar-refractivity contribution in [3.05, 3.63) is 109 Å². The number of phosphoric acid groups is 1. The van der Waals surface area contributed by atoms with Crippen LogP contribution in [0.1, 0.15) is 232 Å². The fourth-order valence-corrected chi connectivity index (χ4v) is 8.52. The van der Waals surface area contributed by atoms with Crippen LogP contribution in [0.3, 0.4) is 0 Å². The van der Waals surface area contributed by atoms with Crippen molar-refractivity contribution in [2.75, 3.05) is 47.5 Å². The molecule has 0 aliphatic carbocycles. The number of hydrogen-bond donors (Lipinski definition) is 0. The summed E-state index contributed by atoms with van der Waals surface area (Å²) in [5.74, 6) is -0.845. The molecule has 0 saturated heterocycles. The molecule has 0 aromatic carbocycles. The minimum atomic E-state index is -4.65. The van der Waals surface area contributed by atoms with E-state index in [-0.39, 0.29) is 26.1 Å². The average Bonchev–Trinajstić information content (AvgIpc) is 3.36. The van der Waals surface area contributed by atoms with Gasteiger partial charge < -0.3 is 27.9 Å². The summed E-state index contributed by atoms with van der Waals surface area (Å²) >= 11 is 0. The Hall–Kier alpha value is -3.33. The van der Waals surface area contributed by atoms with Crippen molar-refractivity contribution >= 4 is 19.8 Å². The van der Waals surface area contributed by atoms with Crippen LogP contribution in [0.2, 0.25) is 0 Å². The highest BCUT2D eigenvalue weighted by Gasteiger charge is 2.22. The maximum absolute atomic E-state index is 12.8. The van der Waals surface area contributed by atoms with Crippen LogP contribution >= 0.6 is 7.82 Å². The van der Waals surface area contributed by atoms with E-state index >= 15 is 0 Å². The summed E-state index contributed by atoms with van der Waals surface area (Å²) in [7, 11) is 1.15. The summed E-state index contributed by atoms with van der Waals surface area (Å²) in [5.41, 5.74) is 0. The molecular formula is C64H110NO8P. The molecule has 424 valence electrons. The number of unbranched alkanes of at least 4 members (excludes halogenated alkanes) is 21. The molecule has 0 amide bonds. The number of carbonyl (C=O) groups excluding carboxylic acids is 2. The van der Waals surface area contributed by atoms with Crippen molar-refractivity contribution in [3.63, 3.8) is 0 Å². The van der Waals surface area contributed by atoms with Gasteiger partial charge in [0.1, 0.15) is 19.8 Å². The van der Waals surface area contributed by atoms with E-state index in [9.17, 15) is 19.0 Å². The molecule has 0 fully saturated rings. The maximum atomic E-state index is 12.8. The number of hydrogen-bond acceptors (Lipinski definition) is 8. The minimum absolute atomic E-state index is 0.0372. The van der Waals surface area contributed by atoms with Crippen LogP contribution in [0, 0.1) is 0 Å². The summed E-state index contributed by atoms with van der Waals surface area (Å²) in [4.78, 5) is 37.9. The van der Waals surface area contributed by atoms with E-state index in [0.29, 0.717) is 17.4 Å². The summed E-state index contributed by atoms with van der Waals surface area (Å²) in [6.45, 7) is 4.01. The van der Waals surface area contributed by atoms with Gasteiger partial charge in [0.25, 0.3) is 7.82 Å². The van der Waals surface area contributed by atoms with Crippen LogP contribution < -0.4 is 4.89 Å². The van der Waals surface area contributed by atoms with Crippen molar-refractivity contribution < 1.29 is 42.1 Å². The molecule has 0 aliphatic heterocycles. The number of allylic oxidation sites excluding steroid dienone is 18. The van der Waals surface area contributed by atoms with E-state index in [1.54, 1.807) is 0 Å². The van der Waals surface area contributed by atoms with Gasteiger partial charge in [-0.2, -0.15) is 0 Å². The fraction of sp³-hybridized carbons (Fsp3) is 0.688. The van der Waals surface area contributed by atoms with Crippen LogP contribution in [0.15, 0.2) is 109 Å². The van der Waals surface area contributed by atoms with Gasteiger partial charge in [-0.15, -0.1) is 0 Å². The van der Waals surface area contributed by atoms with Crippen molar-refractivity contribution in [1.29, 1.82) is 0 Å². The number of esters is 2. The third-order valence-corrected chi connectivity index (χ3v) is 13.3. The first-order valence-corrected chi connectivity index (χ1v) is 31.1. The Labute approximate surface area is 455 Å². The summed E-state index contributed by atoms with van der Waals surface area (Å²) in [6.07, 6.45) is 75.5. The Morgan fingerprint density at radius 2 is 0.730 bits per heavy atom. The molecule has 0 aliphatic rings. The Morgan fingerprint density at radius 3 is 1.08 bits per heavy atom. The van der Waals surface area contributed by atoms with Crippen molar-refractivity contribution in [3.8, 4) is 0 Å². The van der Waals surface area contributed by atoms with Gasteiger partial charge in [0.15, 0.2) is 6.10 Å². The summed E-state index contributed by atoms with van der Waals surface area (Å²) in [6, 6.07) is 0. The lowest BCUT2D eigenvalue weighted by Crippen LogP contribution is -2.37. The lowest BCUT2D eigenvalue weighted by Gasteiger charge is -2.28. The van der Waals surface area contributed by atoms with Crippen LogP contribution in [-0.2, 0) is 32.7 Å². The second-order valence-corrected chi connectivity index (χ2v) is 22.0. The highest BCUT2D eigenvalue weighted by Crippen LogP contribution is 2.38. The Kier molecular flexibility index (Phi) is 52.0. The summed E-state index contributed by atoms with van der Waals surface area (Å²) in [5, 5.41) is 0. The Morgan fingerprint density at radius 1 is 0.419 bits per heavy atom. The van der Waals surface area contributed by atoms with Crippen LogP contribution in [0.4, 0.5) is 0 Å². The smallest absolute Gasteiger partial charge is 0.306 e. The van der Waals surface area contributed by atoms with Gasteiger partial charge in [-0.25, -0.2) is 0 Å². The number of ether oxygens (including phenoxy) is 2. The molecule has 2 atom stereocenters. The lowest BCUT2D eigenvalue weighted by atomic mass is 10.0. The topological polar surface area (TPSA) is 111 Å². The highest BCUT2D eigenvalue weighted by atomic mass is 31.2. The number of rotatable bonds is 53. The zero-order valence-electron chi connectivity index (χ0n) is 48.0. The average molecular weight is 1050 g/mol. The first kappa shape index (κ1) is 70.7. The number of nitrogens with zero attached hydrogens (tertiary/aromatic N) is 1. The standard InChI is InChI=1S/C64H110NO8P/c1-6-8-10-12-14-16-18-20-22-24-26-28-30-31-32-33-35-37-39-41-43-45-47-49-51-53-55-57-64(67)73-62(61-72-74(68,69)71-59-58-65(3,4)5)60-70-63(66)56-54-52-50-48-46-44-42-40-38-36-34-29-27-25-23-21-19-17-15-13-11-9-7-2/h8-11,14-17,20-23,26-29,31-32,62H,6-7,12-13,18-19,24-25,30,33-61H2,1-5H3/b10-8-,11-9-,16-14-,17-15-,22-20-,23-21-,28-26-,29-27-,32-31-. The van der Waals surface area contributed by atoms with Gasteiger partial charge in [-0.3, -0.25) is 14.2 Å². The van der Waals surface area contributed by atoms with E-state index < -0.39 is 32.5 Å². The van der Waals surface area contributed by atoms with Gasteiger partial charge in [0.2, 0.25) is 0 Å². The molecule has 10 heteroatoms. The Balaban J connectivity index is 4.18. The van der Waals surface area contributed by atoms with Crippen molar-refractivity contribution in [2.24, 2.45) is 0 Å². The molecule has 2 unspecified atom stereocenters. The molecule has 0 bridgehead atoms. The van der Waals surface area contributed by atoms with Crippen LogP contribution in [0.5, 0.6) is 0 Å². The zero-order valence-corrected chi connectivity index (χ0v) is 48.9. The molecule has 0 aromatic rings. The number of quaternary nitrogens is 1. The largest absolute Gasteiger partial charge is 0.756 e. The molecule has 0 spiro atoms. The third kappa shape index (κ3) is 57.9. The van der Waals surface area contributed by atoms with Crippen molar-refractivity contribution in [2.45, 2.75) is 238 Å². The SMILES string of the molecule is CC/C=C\C/C=C\C/C=C\C/C=C\C/C=C\CCCCCCCCCCCCCC(=O)OC(COC(=O)CCCCCCCCCCCC/C=C\C/C=C\C/C=C\C/C=C\CC)COP(=O)([O-])OCC[N+](C)(C)C. The number of phosphoric ester groups is 1. The minimum Gasteiger partial charge on any atom is -0.756 e. The quantitative estimate of drug-likeness (QED) is 0.0195. The predicted molar refractivity (Wildman–Crippen MR) is 314 cm³/mol. The number of carbonyl (C=O) groups is 2. The zero-order chi connectivity index (χ0) is 54.2. The molecule has 0 saturated carbocycles. The van der Waals surface area contributed by atoms with Gasteiger partial charge in [0, 0.05) is 12.8 Å². The third-order valence-electron chi connectivity index (χ3n) is 12.3. The monoisotopic (exact) mass is 1050 g/mol. The fourth-order valence-electron chi connectivity index (χ4n) is 7.79. The van der Waals surface area contributed by atoms with E-state index in [1.807, 2.05) is 21.1 Å². The molecule has 0 radical (unpaired) electrons. The molecule has 0 N–H and O–H groups in total. The van der Waals surface area contributed by atoms with Gasteiger partial charge in [0.05, 0.1) is 27.7 Å². The first-order valence-electron chi connectivity index (χ1n) is 29.6. The van der Waals surface area contributed by atoms with E-state index in [1.165, 1.54) is 83.5 Å². The molecule has 0 heterocycles. The second kappa shape index (κ2) is 54.5. The van der Waals surface area contributed by atoms with Gasteiger partial charge in [-0.05, 0) is 96.3 Å². The van der Waals surface area contributed by atoms with Crippen molar-refractivity contribution in [1.82, 2.24) is 0 Å². The van der Waals surface area contributed by atoms with E-state index in [2.05, 4.69) is 123 Å². The normalized spacial score (nSPS) is 14.1. The number of likely N-dealkylation sites (N-methyl/N-ethyl adjacent to an activating group) is 1. The summed E-state index contributed by atoms with van der Waals surface area (Å²) < 4.78 is 34.2.